The lowest BCUT2D eigenvalue weighted by Gasteiger charge is -2.17. The van der Waals surface area contributed by atoms with Crippen LogP contribution in [-0.2, 0) is 10.5 Å². The molecule has 0 spiro atoms. The number of hydrogen-bond donors (Lipinski definition) is 2. The smallest absolute Gasteiger partial charge is 0.277 e. The number of thioether (sulfide) groups is 1. The number of carbonyl (C=O) groups is 2. The van der Waals surface area contributed by atoms with Crippen LogP contribution in [0.3, 0.4) is 0 Å². The molecule has 14 nitrogen and oxygen atoms in total. The van der Waals surface area contributed by atoms with Crippen molar-refractivity contribution in [2.75, 3.05) is 5.75 Å². The van der Waals surface area contributed by atoms with Crippen molar-refractivity contribution in [3.05, 3.63) is 120 Å². The number of nitro benzene ring substituents is 3. The van der Waals surface area contributed by atoms with Crippen molar-refractivity contribution in [3.63, 3.8) is 0 Å². The van der Waals surface area contributed by atoms with Crippen molar-refractivity contribution in [2.24, 2.45) is 5.10 Å². The number of amides is 2. The summed E-state index contributed by atoms with van der Waals surface area (Å²) in [6.45, 7) is 0. The van der Waals surface area contributed by atoms with Gasteiger partial charge in [0.15, 0.2) is 0 Å². The van der Waals surface area contributed by atoms with E-state index in [1.165, 1.54) is 42.2 Å². The SMILES string of the molecule is O=C(N[C@@H](CSCc1ccccc1)C(=O)N/N=C\c1cccc([N+](=O)[O-])c1)c1cc([N+](=O)[O-])cc([N+](=O)[O-])c1. The van der Waals surface area contributed by atoms with Gasteiger partial charge in [-0.2, -0.15) is 16.9 Å². The maximum Gasteiger partial charge on any atom is 0.277 e. The zero-order valence-corrected chi connectivity index (χ0v) is 20.8. The normalized spacial score (nSPS) is 11.5. The summed E-state index contributed by atoms with van der Waals surface area (Å²) in [6.07, 6.45) is 1.19. The summed E-state index contributed by atoms with van der Waals surface area (Å²) in [5.74, 6) is -1.12. The van der Waals surface area contributed by atoms with Gasteiger partial charge in [0, 0.05) is 41.3 Å². The van der Waals surface area contributed by atoms with E-state index in [2.05, 4.69) is 15.8 Å². The van der Waals surface area contributed by atoms with E-state index in [-0.39, 0.29) is 17.0 Å². The molecule has 0 unspecified atom stereocenters. The van der Waals surface area contributed by atoms with Crippen molar-refractivity contribution in [1.82, 2.24) is 10.7 Å². The monoisotopic (exact) mass is 552 g/mol. The van der Waals surface area contributed by atoms with Crippen LogP contribution < -0.4 is 10.7 Å². The molecule has 0 aliphatic carbocycles. The van der Waals surface area contributed by atoms with Gasteiger partial charge in [-0.05, 0) is 5.56 Å². The Kier molecular flexibility index (Phi) is 9.75. The van der Waals surface area contributed by atoms with Crippen molar-refractivity contribution < 1.29 is 24.4 Å². The van der Waals surface area contributed by atoms with Crippen LogP contribution in [0.4, 0.5) is 17.1 Å². The molecular weight excluding hydrogens is 532 g/mol. The molecule has 2 amide bonds. The second kappa shape index (κ2) is 13.4. The van der Waals surface area contributed by atoms with Crippen LogP contribution in [0.2, 0.25) is 0 Å². The summed E-state index contributed by atoms with van der Waals surface area (Å²) in [7, 11) is 0. The number of rotatable bonds is 12. The Morgan fingerprint density at radius 3 is 2.10 bits per heavy atom. The van der Waals surface area contributed by atoms with E-state index in [0.717, 1.165) is 23.8 Å². The molecule has 0 aliphatic rings. The molecule has 2 N–H and O–H groups in total. The van der Waals surface area contributed by atoms with Gasteiger partial charge in [-0.15, -0.1) is 0 Å². The zero-order valence-electron chi connectivity index (χ0n) is 20.0. The molecule has 3 aromatic rings. The minimum atomic E-state index is -1.19. The Morgan fingerprint density at radius 2 is 1.49 bits per heavy atom. The largest absolute Gasteiger partial charge is 0.339 e. The van der Waals surface area contributed by atoms with E-state index in [1.54, 1.807) is 0 Å². The minimum Gasteiger partial charge on any atom is -0.339 e. The molecule has 0 saturated carbocycles. The third kappa shape index (κ3) is 8.43. The number of nitrogens with one attached hydrogen (secondary N) is 2. The van der Waals surface area contributed by atoms with Crippen LogP contribution in [0.1, 0.15) is 21.5 Å². The Hall–Kier alpha value is -5.18. The predicted octanol–water partition coefficient (Wildman–Crippen LogP) is 3.59. The first-order valence-corrected chi connectivity index (χ1v) is 12.2. The highest BCUT2D eigenvalue weighted by Gasteiger charge is 2.25. The second-order valence-electron chi connectivity index (χ2n) is 7.87. The molecule has 1 atom stereocenters. The van der Waals surface area contributed by atoms with Gasteiger partial charge in [-0.3, -0.25) is 39.9 Å². The molecule has 3 rings (SSSR count). The summed E-state index contributed by atoms with van der Waals surface area (Å²) < 4.78 is 0. The van der Waals surface area contributed by atoms with Crippen LogP contribution in [0.5, 0.6) is 0 Å². The van der Waals surface area contributed by atoms with Crippen molar-refractivity contribution in [1.29, 1.82) is 0 Å². The van der Waals surface area contributed by atoms with E-state index >= 15 is 0 Å². The molecule has 0 aliphatic heterocycles. The molecule has 0 radical (unpaired) electrons. The fraction of sp³-hybridized carbons (Fsp3) is 0.125. The summed E-state index contributed by atoms with van der Waals surface area (Å²) >= 11 is 1.31. The lowest BCUT2D eigenvalue weighted by Crippen LogP contribution is -2.47. The van der Waals surface area contributed by atoms with E-state index < -0.39 is 44.0 Å². The van der Waals surface area contributed by atoms with Gasteiger partial charge < -0.3 is 5.32 Å². The summed E-state index contributed by atoms with van der Waals surface area (Å²) in [5, 5.41) is 39.5. The molecule has 0 fully saturated rings. The van der Waals surface area contributed by atoms with Gasteiger partial charge in [-0.25, -0.2) is 5.43 Å². The first-order chi connectivity index (χ1) is 18.6. The van der Waals surface area contributed by atoms with Crippen molar-refractivity contribution in [2.45, 2.75) is 11.8 Å². The van der Waals surface area contributed by atoms with Crippen molar-refractivity contribution >= 4 is 46.9 Å². The van der Waals surface area contributed by atoms with E-state index in [1.807, 2.05) is 30.3 Å². The van der Waals surface area contributed by atoms with Gasteiger partial charge in [0.1, 0.15) is 6.04 Å². The number of benzene rings is 3. The average Bonchev–Trinajstić information content (AvgIpc) is 2.92. The quantitative estimate of drug-likeness (QED) is 0.191. The maximum absolute atomic E-state index is 12.9. The molecule has 0 saturated heterocycles. The molecule has 39 heavy (non-hydrogen) atoms. The van der Waals surface area contributed by atoms with E-state index in [4.69, 9.17) is 0 Å². The van der Waals surface area contributed by atoms with Crippen LogP contribution in [0.15, 0.2) is 77.9 Å². The number of hydrazone groups is 1. The summed E-state index contributed by atoms with van der Waals surface area (Å²) in [6, 6.07) is 16.1. The zero-order chi connectivity index (χ0) is 28.4. The van der Waals surface area contributed by atoms with Gasteiger partial charge in [-0.1, -0.05) is 42.5 Å². The highest BCUT2D eigenvalue weighted by molar-refractivity contribution is 7.98. The Bertz CT molecular complexity index is 1400. The lowest BCUT2D eigenvalue weighted by atomic mass is 10.1. The second-order valence-corrected chi connectivity index (χ2v) is 8.90. The third-order valence-corrected chi connectivity index (χ3v) is 6.18. The molecule has 0 bridgehead atoms. The van der Waals surface area contributed by atoms with Crippen LogP contribution in [0, 0.1) is 30.3 Å². The van der Waals surface area contributed by atoms with E-state index in [9.17, 15) is 39.9 Å². The number of carbonyl (C=O) groups excluding carboxylic acids is 2. The Morgan fingerprint density at radius 1 is 0.846 bits per heavy atom. The first-order valence-electron chi connectivity index (χ1n) is 11.1. The summed E-state index contributed by atoms with van der Waals surface area (Å²) in [5.41, 5.74) is 1.71. The number of non-ortho nitro benzene ring substituents is 3. The summed E-state index contributed by atoms with van der Waals surface area (Å²) in [4.78, 5) is 56.8. The van der Waals surface area contributed by atoms with Crippen LogP contribution >= 0.6 is 11.8 Å². The molecule has 0 aromatic heterocycles. The van der Waals surface area contributed by atoms with Gasteiger partial charge in [0.25, 0.3) is 28.9 Å². The van der Waals surface area contributed by atoms with Gasteiger partial charge >= 0.3 is 0 Å². The fourth-order valence-corrected chi connectivity index (χ4v) is 4.21. The Balaban J connectivity index is 1.77. The molecule has 0 heterocycles. The van der Waals surface area contributed by atoms with Gasteiger partial charge in [0.05, 0.1) is 32.6 Å². The van der Waals surface area contributed by atoms with E-state index in [0.29, 0.717) is 11.3 Å². The fourth-order valence-electron chi connectivity index (χ4n) is 3.20. The topological polar surface area (TPSA) is 200 Å². The minimum absolute atomic E-state index is 0.0653. The molecule has 200 valence electrons. The average molecular weight is 553 g/mol. The van der Waals surface area contributed by atoms with Crippen molar-refractivity contribution in [3.8, 4) is 0 Å². The molecule has 3 aromatic carbocycles. The van der Waals surface area contributed by atoms with Crippen LogP contribution in [-0.4, -0.2) is 44.6 Å². The number of nitro groups is 3. The standard InChI is InChI=1S/C24H20N6O8S/c31-23(18-10-20(29(35)36)12-21(11-18)30(37)38)26-22(15-39-14-16-5-2-1-3-6-16)24(32)27-25-13-17-7-4-8-19(9-17)28(33)34/h1-13,22H,14-15H2,(H,26,31)(H,27,32)/b25-13-/t22-/m0/s1. The number of nitrogens with zero attached hydrogens (tertiary/aromatic N) is 4. The third-order valence-electron chi connectivity index (χ3n) is 5.07. The Labute approximate surface area is 224 Å². The predicted molar refractivity (Wildman–Crippen MR) is 142 cm³/mol. The first kappa shape index (κ1) is 28.4. The van der Waals surface area contributed by atoms with Crippen LogP contribution in [0.25, 0.3) is 0 Å². The number of hydrogen-bond acceptors (Lipinski definition) is 10. The maximum atomic E-state index is 12.9. The lowest BCUT2D eigenvalue weighted by molar-refractivity contribution is -0.394. The van der Waals surface area contributed by atoms with Gasteiger partial charge in [0.2, 0.25) is 0 Å². The highest BCUT2D eigenvalue weighted by Crippen LogP contribution is 2.23. The highest BCUT2D eigenvalue weighted by atomic mass is 32.2. The molecular formula is C24H20N6O8S. The molecule has 15 heteroatoms.